The number of hydrogen-bond donors (Lipinski definition) is 1. The third kappa shape index (κ3) is 2.69. The number of aryl methyl sites for hydroxylation is 1. The maximum atomic E-state index is 9.43. The molecule has 0 bridgehead atoms. The Morgan fingerprint density at radius 1 is 1.10 bits per heavy atom. The summed E-state index contributed by atoms with van der Waals surface area (Å²) in [5.74, 6) is 1.35. The van der Waals surface area contributed by atoms with E-state index in [0.717, 1.165) is 11.1 Å². The van der Waals surface area contributed by atoms with Crippen molar-refractivity contribution in [2.24, 2.45) is 0 Å². The van der Waals surface area contributed by atoms with Crippen molar-refractivity contribution in [1.29, 1.82) is 0 Å². The fourth-order valence-electron chi connectivity index (χ4n) is 1.99. The molecular weight excluding hydrogens is 252 g/mol. The van der Waals surface area contributed by atoms with Crippen molar-refractivity contribution in [2.45, 2.75) is 13.3 Å². The molecule has 0 aliphatic heterocycles. The fraction of sp³-hybridized carbons (Fsp3) is 0.125. The SMILES string of the molecule is Cc1ccc(-c2noc(Cc3cccc(O)c3)n2)cc1. The van der Waals surface area contributed by atoms with Gasteiger partial charge in [0.1, 0.15) is 5.75 Å². The average Bonchev–Trinajstić information content (AvgIpc) is 2.88. The molecule has 1 N–H and O–H groups in total. The summed E-state index contributed by atoms with van der Waals surface area (Å²) in [6.07, 6.45) is 0.507. The summed E-state index contributed by atoms with van der Waals surface area (Å²) >= 11 is 0. The largest absolute Gasteiger partial charge is 0.508 e. The molecule has 0 aliphatic rings. The summed E-state index contributed by atoms with van der Waals surface area (Å²) < 4.78 is 5.25. The van der Waals surface area contributed by atoms with Crippen LogP contribution in [-0.2, 0) is 6.42 Å². The van der Waals surface area contributed by atoms with Gasteiger partial charge < -0.3 is 9.63 Å². The van der Waals surface area contributed by atoms with Crippen LogP contribution in [0.15, 0.2) is 53.1 Å². The van der Waals surface area contributed by atoms with E-state index in [9.17, 15) is 5.11 Å². The summed E-state index contributed by atoms with van der Waals surface area (Å²) in [6.45, 7) is 2.04. The predicted octanol–water partition coefficient (Wildman–Crippen LogP) is 3.34. The molecule has 0 amide bonds. The molecule has 0 aliphatic carbocycles. The van der Waals surface area contributed by atoms with E-state index in [0.29, 0.717) is 18.1 Å². The number of aromatic nitrogens is 2. The highest BCUT2D eigenvalue weighted by molar-refractivity contribution is 5.54. The van der Waals surface area contributed by atoms with Gasteiger partial charge >= 0.3 is 0 Å². The lowest BCUT2D eigenvalue weighted by Crippen LogP contribution is -1.88. The molecule has 2 aromatic carbocycles. The van der Waals surface area contributed by atoms with E-state index in [1.165, 1.54) is 5.56 Å². The van der Waals surface area contributed by atoms with Gasteiger partial charge in [0, 0.05) is 5.56 Å². The second-order valence-electron chi connectivity index (χ2n) is 4.72. The van der Waals surface area contributed by atoms with Gasteiger partial charge in [0.2, 0.25) is 11.7 Å². The Labute approximate surface area is 116 Å². The molecule has 4 heteroatoms. The molecule has 0 unspecified atom stereocenters. The topological polar surface area (TPSA) is 59.2 Å². The number of nitrogens with zero attached hydrogens (tertiary/aromatic N) is 2. The highest BCUT2D eigenvalue weighted by Crippen LogP contribution is 2.19. The molecule has 1 aromatic heterocycles. The van der Waals surface area contributed by atoms with Crippen molar-refractivity contribution < 1.29 is 9.63 Å². The minimum atomic E-state index is 0.237. The highest BCUT2D eigenvalue weighted by Gasteiger charge is 2.09. The van der Waals surface area contributed by atoms with Crippen LogP contribution in [0.4, 0.5) is 0 Å². The smallest absolute Gasteiger partial charge is 0.231 e. The maximum Gasteiger partial charge on any atom is 0.231 e. The predicted molar refractivity (Wildman–Crippen MR) is 75.4 cm³/mol. The number of hydrogen-bond acceptors (Lipinski definition) is 4. The summed E-state index contributed by atoms with van der Waals surface area (Å²) in [7, 11) is 0. The van der Waals surface area contributed by atoms with E-state index in [1.807, 2.05) is 37.3 Å². The first kappa shape index (κ1) is 12.4. The van der Waals surface area contributed by atoms with Crippen LogP contribution in [0.25, 0.3) is 11.4 Å². The molecule has 0 atom stereocenters. The van der Waals surface area contributed by atoms with Gasteiger partial charge in [-0.3, -0.25) is 0 Å². The van der Waals surface area contributed by atoms with Crippen LogP contribution in [-0.4, -0.2) is 15.2 Å². The van der Waals surface area contributed by atoms with E-state index in [-0.39, 0.29) is 5.75 Å². The average molecular weight is 266 g/mol. The Kier molecular flexibility index (Phi) is 3.21. The van der Waals surface area contributed by atoms with Crippen molar-refractivity contribution in [3.63, 3.8) is 0 Å². The molecule has 0 saturated heterocycles. The Morgan fingerprint density at radius 3 is 2.65 bits per heavy atom. The molecule has 4 nitrogen and oxygen atoms in total. The summed E-state index contributed by atoms with van der Waals surface area (Å²) in [4.78, 5) is 4.38. The number of phenols is 1. The zero-order valence-electron chi connectivity index (χ0n) is 11.1. The van der Waals surface area contributed by atoms with Crippen molar-refractivity contribution in [3.05, 3.63) is 65.5 Å². The van der Waals surface area contributed by atoms with Crippen molar-refractivity contribution in [2.75, 3.05) is 0 Å². The van der Waals surface area contributed by atoms with Crippen molar-refractivity contribution in [3.8, 4) is 17.1 Å². The van der Waals surface area contributed by atoms with Crippen LogP contribution in [0.1, 0.15) is 17.0 Å². The first-order chi connectivity index (χ1) is 9.70. The molecule has 20 heavy (non-hydrogen) atoms. The zero-order valence-corrected chi connectivity index (χ0v) is 11.1. The van der Waals surface area contributed by atoms with Gasteiger partial charge in [-0.05, 0) is 24.6 Å². The van der Waals surface area contributed by atoms with Crippen LogP contribution >= 0.6 is 0 Å². The van der Waals surface area contributed by atoms with Crippen LogP contribution < -0.4 is 0 Å². The van der Waals surface area contributed by atoms with Crippen molar-refractivity contribution >= 4 is 0 Å². The summed E-state index contributed by atoms with van der Waals surface area (Å²) in [5.41, 5.74) is 3.06. The second-order valence-corrected chi connectivity index (χ2v) is 4.72. The highest BCUT2D eigenvalue weighted by atomic mass is 16.5. The minimum Gasteiger partial charge on any atom is -0.508 e. The Morgan fingerprint density at radius 2 is 1.90 bits per heavy atom. The third-order valence-corrected chi connectivity index (χ3v) is 3.04. The van der Waals surface area contributed by atoms with Gasteiger partial charge in [-0.25, -0.2) is 0 Å². The minimum absolute atomic E-state index is 0.237. The van der Waals surface area contributed by atoms with Crippen LogP contribution in [0.3, 0.4) is 0 Å². The Balaban J connectivity index is 1.82. The molecule has 0 spiro atoms. The van der Waals surface area contributed by atoms with Gasteiger partial charge in [-0.15, -0.1) is 0 Å². The van der Waals surface area contributed by atoms with Crippen LogP contribution in [0.2, 0.25) is 0 Å². The lowest BCUT2D eigenvalue weighted by Gasteiger charge is -1.97. The first-order valence-corrected chi connectivity index (χ1v) is 6.38. The zero-order chi connectivity index (χ0) is 13.9. The normalized spacial score (nSPS) is 10.7. The van der Waals surface area contributed by atoms with Gasteiger partial charge in [0.05, 0.1) is 6.42 Å². The molecule has 0 fully saturated rings. The van der Waals surface area contributed by atoms with E-state index >= 15 is 0 Å². The van der Waals surface area contributed by atoms with E-state index in [2.05, 4.69) is 10.1 Å². The van der Waals surface area contributed by atoms with Gasteiger partial charge in [0.25, 0.3) is 0 Å². The molecule has 3 aromatic rings. The van der Waals surface area contributed by atoms with E-state index < -0.39 is 0 Å². The molecule has 0 radical (unpaired) electrons. The molecule has 0 saturated carbocycles. The van der Waals surface area contributed by atoms with E-state index in [1.54, 1.807) is 18.2 Å². The monoisotopic (exact) mass is 266 g/mol. The second kappa shape index (κ2) is 5.17. The number of rotatable bonds is 3. The summed E-state index contributed by atoms with van der Waals surface area (Å²) in [6, 6.07) is 15.0. The van der Waals surface area contributed by atoms with Gasteiger partial charge in [-0.1, -0.05) is 47.1 Å². The molecular formula is C16H14N2O2. The molecule has 100 valence electrons. The number of benzene rings is 2. The summed E-state index contributed by atoms with van der Waals surface area (Å²) in [5, 5.41) is 13.4. The standard InChI is InChI=1S/C16H14N2O2/c1-11-5-7-13(8-6-11)16-17-15(20-18-16)10-12-3-2-4-14(19)9-12/h2-9,19H,10H2,1H3. The molecule has 1 heterocycles. The van der Waals surface area contributed by atoms with E-state index in [4.69, 9.17) is 4.52 Å². The van der Waals surface area contributed by atoms with Crippen LogP contribution in [0, 0.1) is 6.92 Å². The van der Waals surface area contributed by atoms with Gasteiger partial charge in [-0.2, -0.15) is 4.98 Å². The number of aromatic hydroxyl groups is 1. The Hall–Kier alpha value is -2.62. The lowest BCUT2D eigenvalue weighted by atomic mass is 10.1. The Bertz CT molecular complexity index is 717. The van der Waals surface area contributed by atoms with Crippen molar-refractivity contribution in [1.82, 2.24) is 10.1 Å². The lowest BCUT2D eigenvalue weighted by molar-refractivity contribution is 0.385. The first-order valence-electron chi connectivity index (χ1n) is 6.38. The quantitative estimate of drug-likeness (QED) is 0.789. The molecule has 3 rings (SSSR count). The van der Waals surface area contributed by atoms with Crippen LogP contribution in [0.5, 0.6) is 5.75 Å². The third-order valence-electron chi connectivity index (χ3n) is 3.04. The fourth-order valence-corrected chi connectivity index (χ4v) is 1.99. The van der Waals surface area contributed by atoms with Gasteiger partial charge in [0.15, 0.2) is 0 Å². The number of phenolic OH excluding ortho intramolecular Hbond substituents is 1. The maximum absolute atomic E-state index is 9.43.